The van der Waals surface area contributed by atoms with Gasteiger partial charge < -0.3 is 9.80 Å². The van der Waals surface area contributed by atoms with Gasteiger partial charge in [0, 0.05) is 31.9 Å². The topological polar surface area (TPSA) is 65.1 Å². The van der Waals surface area contributed by atoms with Crippen molar-refractivity contribution in [2.24, 2.45) is 0 Å². The maximum atomic E-state index is 12.9. The Labute approximate surface area is 131 Å². The molecular formula is C14H16FN5OS. The van der Waals surface area contributed by atoms with Crippen LogP contribution >= 0.6 is 11.8 Å². The van der Waals surface area contributed by atoms with Gasteiger partial charge in [-0.25, -0.2) is 9.37 Å². The smallest absolute Gasteiger partial charge is 0.233 e. The molecule has 0 radical (unpaired) electrons. The molecule has 1 amide bonds. The molecular weight excluding hydrogens is 305 g/mol. The highest BCUT2D eigenvalue weighted by Gasteiger charge is 2.21. The van der Waals surface area contributed by atoms with Crippen LogP contribution in [0.4, 0.5) is 10.1 Å². The molecule has 1 aliphatic rings. The standard InChI is InChI=1S/C14H16FN5OS/c15-11-1-3-12(4-2-11)19-5-7-20(8-6-19)13(21)9-22-14-16-10-17-18-14/h1-4,10H,5-9H2,(H,16,17,18). The fourth-order valence-corrected chi connectivity index (χ4v) is 3.03. The predicted molar refractivity (Wildman–Crippen MR) is 82.3 cm³/mol. The maximum absolute atomic E-state index is 12.9. The Hall–Kier alpha value is -2.09. The number of carbonyl (C=O) groups is 1. The van der Waals surface area contributed by atoms with Crippen molar-refractivity contribution >= 4 is 23.4 Å². The molecule has 6 nitrogen and oxygen atoms in total. The van der Waals surface area contributed by atoms with Crippen molar-refractivity contribution in [2.75, 3.05) is 36.8 Å². The van der Waals surface area contributed by atoms with E-state index >= 15 is 0 Å². The number of nitrogens with zero attached hydrogens (tertiary/aromatic N) is 4. The molecule has 3 rings (SSSR count). The number of halogens is 1. The van der Waals surface area contributed by atoms with Crippen LogP contribution in [0.5, 0.6) is 0 Å². The van der Waals surface area contributed by atoms with Gasteiger partial charge in [-0.3, -0.25) is 9.89 Å². The first-order chi connectivity index (χ1) is 10.7. The van der Waals surface area contributed by atoms with E-state index in [9.17, 15) is 9.18 Å². The Bertz CT molecular complexity index is 611. The second kappa shape index (κ2) is 6.78. The highest BCUT2D eigenvalue weighted by molar-refractivity contribution is 7.99. The van der Waals surface area contributed by atoms with Crippen LogP contribution in [-0.2, 0) is 4.79 Å². The highest BCUT2D eigenvalue weighted by Crippen LogP contribution is 2.18. The third-order valence-corrected chi connectivity index (χ3v) is 4.41. The molecule has 1 saturated heterocycles. The number of hydrogen-bond donors (Lipinski definition) is 1. The SMILES string of the molecule is O=C(CSc1ncn[nH]1)N1CCN(c2ccc(F)cc2)CC1. The van der Waals surface area contributed by atoms with Gasteiger partial charge in [0.25, 0.3) is 0 Å². The van der Waals surface area contributed by atoms with Crippen molar-refractivity contribution < 1.29 is 9.18 Å². The minimum atomic E-state index is -0.234. The fraction of sp³-hybridized carbons (Fsp3) is 0.357. The van der Waals surface area contributed by atoms with Gasteiger partial charge in [-0.15, -0.1) is 0 Å². The molecule has 1 fully saturated rings. The van der Waals surface area contributed by atoms with Gasteiger partial charge in [-0.05, 0) is 24.3 Å². The maximum Gasteiger partial charge on any atom is 0.233 e. The first-order valence-corrected chi connectivity index (χ1v) is 7.97. The zero-order chi connectivity index (χ0) is 15.4. The molecule has 1 aromatic heterocycles. The van der Waals surface area contributed by atoms with Crippen LogP contribution < -0.4 is 4.90 Å². The molecule has 0 atom stereocenters. The second-order valence-corrected chi connectivity index (χ2v) is 5.89. The Morgan fingerprint density at radius 3 is 2.59 bits per heavy atom. The van der Waals surface area contributed by atoms with E-state index in [0.717, 1.165) is 18.8 Å². The van der Waals surface area contributed by atoms with E-state index < -0.39 is 0 Å². The van der Waals surface area contributed by atoms with Gasteiger partial charge in [0.15, 0.2) is 5.16 Å². The van der Waals surface area contributed by atoms with E-state index in [1.807, 2.05) is 4.90 Å². The number of benzene rings is 1. The number of carbonyl (C=O) groups excluding carboxylic acids is 1. The molecule has 0 spiro atoms. The summed E-state index contributed by atoms with van der Waals surface area (Å²) in [5.41, 5.74) is 0.990. The van der Waals surface area contributed by atoms with E-state index in [1.54, 1.807) is 12.1 Å². The van der Waals surface area contributed by atoms with Crippen molar-refractivity contribution in [1.82, 2.24) is 20.1 Å². The van der Waals surface area contributed by atoms with Crippen molar-refractivity contribution in [2.45, 2.75) is 5.16 Å². The summed E-state index contributed by atoms with van der Waals surface area (Å²) in [4.78, 5) is 20.1. The van der Waals surface area contributed by atoms with Gasteiger partial charge in [0.1, 0.15) is 12.1 Å². The van der Waals surface area contributed by atoms with E-state index in [0.29, 0.717) is 24.0 Å². The Morgan fingerprint density at radius 1 is 1.23 bits per heavy atom. The van der Waals surface area contributed by atoms with Crippen molar-refractivity contribution in [1.29, 1.82) is 0 Å². The Balaban J connectivity index is 1.48. The lowest BCUT2D eigenvalue weighted by Crippen LogP contribution is -2.49. The predicted octanol–water partition coefficient (Wildman–Crippen LogP) is 1.38. The number of nitrogens with one attached hydrogen (secondary N) is 1. The number of aromatic amines is 1. The summed E-state index contributed by atoms with van der Waals surface area (Å²) in [6.07, 6.45) is 1.42. The van der Waals surface area contributed by atoms with Crippen molar-refractivity contribution in [3.63, 3.8) is 0 Å². The van der Waals surface area contributed by atoms with Gasteiger partial charge in [-0.2, -0.15) is 5.10 Å². The van der Waals surface area contributed by atoms with Crippen LogP contribution in [0, 0.1) is 5.82 Å². The average Bonchev–Trinajstić information content (AvgIpc) is 3.07. The van der Waals surface area contributed by atoms with Gasteiger partial charge in [0.2, 0.25) is 5.91 Å². The minimum absolute atomic E-state index is 0.0974. The summed E-state index contributed by atoms with van der Waals surface area (Å²) in [6.45, 7) is 2.86. The summed E-state index contributed by atoms with van der Waals surface area (Å²) >= 11 is 1.35. The molecule has 0 unspecified atom stereocenters. The number of rotatable bonds is 4. The van der Waals surface area contributed by atoms with Crippen molar-refractivity contribution in [3.8, 4) is 0 Å². The Kier molecular flexibility index (Phi) is 4.57. The molecule has 0 aliphatic carbocycles. The monoisotopic (exact) mass is 321 g/mol. The first-order valence-electron chi connectivity index (χ1n) is 6.99. The second-order valence-electron chi connectivity index (χ2n) is 4.92. The number of aromatic nitrogens is 3. The highest BCUT2D eigenvalue weighted by atomic mass is 32.2. The van der Waals surface area contributed by atoms with Crippen LogP contribution in [-0.4, -0.2) is 57.9 Å². The summed E-state index contributed by atoms with van der Waals surface area (Å²) < 4.78 is 12.9. The van der Waals surface area contributed by atoms with Gasteiger partial charge in [0.05, 0.1) is 5.75 Å². The van der Waals surface area contributed by atoms with Crippen LogP contribution in [0.1, 0.15) is 0 Å². The lowest BCUT2D eigenvalue weighted by atomic mass is 10.2. The molecule has 0 bridgehead atoms. The number of hydrogen-bond acceptors (Lipinski definition) is 5. The van der Waals surface area contributed by atoms with Crippen LogP contribution in [0.25, 0.3) is 0 Å². The zero-order valence-corrected chi connectivity index (χ0v) is 12.7. The molecule has 2 aromatic rings. The van der Waals surface area contributed by atoms with E-state index in [-0.39, 0.29) is 11.7 Å². The number of amides is 1. The summed E-state index contributed by atoms with van der Waals surface area (Å²) in [6, 6.07) is 6.46. The number of piperazine rings is 1. The largest absolute Gasteiger partial charge is 0.368 e. The fourth-order valence-electron chi connectivity index (χ4n) is 2.35. The summed E-state index contributed by atoms with van der Waals surface area (Å²) in [7, 11) is 0. The molecule has 8 heteroatoms. The van der Waals surface area contributed by atoms with Crippen LogP contribution in [0.3, 0.4) is 0 Å². The number of thioether (sulfide) groups is 1. The van der Waals surface area contributed by atoms with E-state index in [2.05, 4.69) is 20.1 Å². The first kappa shape index (κ1) is 14.8. The van der Waals surface area contributed by atoms with Crippen LogP contribution in [0.2, 0.25) is 0 Å². The molecule has 2 heterocycles. The minimum Gasteiger partial charge on any atom is -0.368 e. The molecule has 0 saturated carbocycles. The number of H-pyrrole nitrogens is 1. The van der Waals surface area contributed by atoms with E-state index in [4.69, 9.17) is 0 Å². The third-order valence-electron chi connectivity index (χ3n) is 3.55. The molecule has 116 valence electrons. The molecule has 1 aromatic carbocycles. The van der Waals surface area contributed by atoms with Crippen LogP contribution in [0.15, 0.2) is 35.7 Å². The zero-order valence-electron chi connectivity index (χ0n) is 11.9. The van der Waals surface area contributed by atoms with Gasteiger partial charge >= 0.3 is 0 Å². The molecule has 1 aliphatic heterocycles. The third kappa shape index (κ3) is 3.56. The molecule has 22 heavy (non-hydrogen) atoms. The lowest BCUT2D eigenvalue weighted by molar-refractivity contribution is -0.128. The molecule has 1 N–H and O–H groups in total. The van der Waals surface area contributed by atoms with E-state index in [1.165, 1.54) is 30.2 Å². The van der Waals surface area contributed by atoms with Gasteiger partial charge in [-0.1, -0.05) is 11.8 Å². The quantitative estimate of drug-likeness (QED) is 0.862. The number of anilines is 1. The summed E-state index contributed by atoms with van der Waals surface area (Å²) in [5, 5.41) is 7.12. The summed E-state index contributed by atoms with van der Waals surface area (Å²) in [5.74, 6) is 0.216. The average molecular weight is 321 g/mol. The lowest BCUT2D eigenvalue weighted by Gasteiger charge is -2.36. The Morgan fingerprint density at radius 2 is 1.95 bits per heavy atom. The van der Waals surface area contributed by atoms with Crippen molar-refractivity contribution in [3.05, 3.63) is 36.4 Å². The normalized spacial score (nSPS) is 15.1.